The lowest BCUT2D eigenvalue weighted by atomic mass is 9.68. The highest BCUT2D eigenvalue weighted by Gasteiger charge is 2.42. The van der Waals surface area contributed by atoms with Crippen LogP contribution < -0.4 is 0 Å². The smallest absolute Gasteiger partial charge is 0.0612 e. The van der Waals surface area contributed by atoms with Gasteiger partial charge in [0.15, 0.2) is 0 Å². The van der Waals surface area contributed by atoms with E-state index >= 15 is 0 Å². The Labute approximate surface area is 79.6 Å². The number of rotatable bonds is 1. The molecular formula is C11H18O2. The van der Waals surface area contributed by atoms with Gasteiger partial charge < -0.3 is 9.84 Å². The molecule has 1 heterocycles. The number of aliphatic hydroxyl groups excluding tert-OH is 1. The van der Waals surface area contributed by atoms with E-state index in [-0.39, 0.29) is 12.0 Å². The van der Waals surface area contributed by atoms with Crippen LogP contribution in [0.1, 0.15) is 26.7 Å². The topological polar surface area (TPSA) is 29.5 Å². The number of aliphatic hydroxyl groups is 1. The number of ether oxygens (including phenoxy) is 1. The van der Waals surface area contributed by atoms with Gasteiger partial charge in [-0.25, -0.2) is 0 Å². The summed E-state index contributed by atoms with van der Waals surface area (Å²) in [6, 6.07) is 0. The minimum absolute atomic E-state index is 0.0384. The van der Waals surface area contributed by atoms with E-state index in [0.717, 1.165) is 19.4 Å². The zero-order valence-corrected chi connectivity index (χ0v) is 8.42. The van der Waals surface area contributed by atoms with Crippen LogP contribution >= 0.6 is 0 Å². The summed E-state index contributed by atoms with van der Waals surface area (Å²) >= 11 is 0. The molecule has 2 nitrogen and oxygen atoms in total. The fourth-order valence-electron chi connectivity index (χ4n) is 2.49. The zero-order valence-electron chi connectivity index (χ0n) is 8.42. The van der Waals surface area contributed by atoms with E-state index in [1.54, 1.807) is 0 Å². The average molecular weight is 182 g/mol. The number of fused-ring (bicyclic) bond motifs is 2. The molecule has 2 aliphatic rings. The highest BCUT2D eigenvalue weighted by Crippen LogP contribution is 2.44. The first-order valence-corrected chi connectivity index (χ1v) is 5.06. The third-order valence-electron chi connectivity index (χ3n) is 3.65. The molecule has 74 valence electrons. The van der Waals surface area contributed by atoms with Crippen molar-refractivity contribution in [1.82, 2.24) is 0 Å². The second-order valence-corrected chi connectivity index (χ2v) is 4.64. The summed E-state index contributed by atoms with van der Waals surface area (Å²) in [6.07, 6.45) is 4.70. The maximum absolute atomic E-state index is 9.36. The van der Waals surface area contributed by atoms with E-state index in [1.807, 2.05) is 0 Å². The zero-order chi connectivity index (χ0) is 9.47. The maximum atomic E-state index is 9.36. The van der Waals surface area contributed by atoms with Gasteiger partial charge in [-0.1, -0.05) is 11.6 Å². The van der Waals surface area contributed by atoms with E-state index < -0.39 is 0 Å². The molecule has 3 atom stereocenters. The number of hydrogen-bond donors (Lipinski definition) is 1. The monoisotopic (exact) mass is 182 g/mol. The van der Waals surface area contributed by atoms with Gasteiger partial charge in [0.2, 0.25) is 0 Å². The summed E-state index contributed by atoms with van der Waals surface area (Å²) in [7, 11) is 0. The molecule has 1 saturated heterocycles. The summed E-state index contributed by atoms with van der Waals surface area (Å²) < 4.78 is 5.71. The van der Waals surface area contributed by atoms with Crippen LogP contribution in [0.25, 0.3) is 0 Å². The van der Waals surface area contributed by atoms with Crippen molar-refractivity contribution < 1.29 is 9.84 Å². The summed E-state index contributed by atoms with van der Waals surface area (Å²) in [6.45, 7) is 5.30. The van der Waals surface area contributed by atoms with Crippen LogP contribution in [-0.4, -0.2) is 24.4 Å². The van der Waals surface area contributed by atoms with E-state index in [1.165, 1.54) is 5.57 Å². The standard InChI is InChI=1S/C11H18O2/c1-8-3-4-11(6-12)5-10(8)9(2)13-7-11/h3,9-10,12H,4-7H2,1-2H3/t9-,10-,11-/m1/s1. The van der Waals surface area contributed by atoms with Crippen molar-refractivity contribution in [3.63, 3.8) is 0 Å². The van der Waals surface area contributed by atoms with Crippen molar-refractivity contribution in [3.8, 4) is 0 Å². The highest BCUT2D eigenvalue weighted by atomic mass is 16.5. The Bertz CT molecular complexity index is 234. The molecule has 13 heavy (non-hydrogen) atoms. The molecule has 0 aromatic rings. The van der Waals surface area contributed by atoms with Crippen molar-refractivity contribution in [2.24, 2.45) is 11.3 Å². The van der Waals surface area contributed by atoms with E-state index in [2.05, 4.69) is 19.9 Å². The first-order valence-electron chi connectivity index (χ1n) is 5.06. The Morgan fingerprint density at radius 2 is 2.46 bits per heavy atom. The molecule has 0 aromatic heterocycles. The van der Waals surface area contributed by atoms with E-state index in [4.69, 9.17) is 4.74 Å². The molecule has 2 rings (SSSR count). The van der Waals surface area contributed by atoms with Gasteiger partial charge in [0.05, 0.1) is 19.3 Å². The van der Waals surface area contributed by atoms with Crippen molar-refractivity contribution in [2.45, 2.75) is 32.8 Å². The van der Waals surface area contributed by atoms with Gasteiger partial charge in [0.25, 0.3) is 0 Å². The van der Waals surface area contributed by atoms with Gasteiger partial charge in [0.1, 0.15) is 0 Å². The van der Waals surface area contributed by atoms with Gasteiger partial charge in [-0.3, -0.25) is 0 Å². The van der Waals surface area contributed by atoms with E-state index in [9.17, 15) is 5.11 Å². The van der Waals surface area contributed by atoms with Crippen LogP contribution in [-0.2, 0) is 4.74 Å². The van der Waals surface area contributed by atoms with Crippen molar-refractivity contribution in [2.75, 3.05) is 13.2 Å². The van der Waals surface area contributed by atoms with Gasteiger partial charge in [-0.15, -0.1) is 0 Å². The minimum Gasteiger partial charge on any atom is -0.396 e. The molecular weight excluding hydrogens is 164 g/mol. The second kappa shape index (κ2) is 3.10. The summed E-state index contributed by atoms with van der Waals surface area (Å²) in [5.41, 5.74) is 1.48. The van der Waals surface area contributed by atoms with Crippen LogP contribution in [0.4, 0.5) is 0 Å². The van der Waals surface area contributed by atoms with Crippen LogP contribution in [0.5, 0.6) is 0 Å². The average Bonchev–Trinajstić information content (AvgIpc) is 2.17. The highest BCUT2D eigenvalue weighted by molar-refractivity contribution is 5.15. The van der Waals surface area contributed by atoms with Gasteiger partial charge in [-0.05, 0) is 26.7 Å². The maximum Gasteiger partial charge on any atom is 0.0612 e. The summed E-state index contributed by atoms with van der Waals surface area (Å²) in [5.74, 6) is 0.537. The van der Waals surface area contributed by atoms with Crippen molar-refractivity contribution in [3.05, 3.63) is 11.6 Å². The minimum atomic E-state index is 0.0384. The molecule has 0 aromatic carbocycles. The normalized spacial score (nSPS) is 44.4. The van der Waals surface area contributed by atoms with Crippen molar-refractivity contribution >= 4 is 0 Å². The molecule has 1 N–H and O–H groups in total. The molecule has 0 spiro atoms. The Morgan fingerprint density at radius 3 is 3.15 bits per heavy atom. The van der Waals surface area contributed by atoms with Crippen LogP contribution in [0.15, 0.2) is 11.6 Å². The SMILES string of the molecule is CC1=CC[C@@]2(CO)CO[C@H](C)[C@@H]1C2. The Kier molecular flexibility index (Phi) is 2.20. The fraction of sp³-hybridized carbons (Fsp3) is 0.818. The predicted octanol–water partition coefficient (Wildman–Crippen LogP) is 1.74. The Hall–Kier alpha value is -0.340. The first-order chi connectivity index (χ1) is 6.17. The Morgan fingerprint density at radius 1 is 1.69 bits per heavy atom. The third kappa shape index (κ3) is 1.42. The Balaban J connectivity index is 2.24. The van der Waals surface area contributed by atoms with Gasteiger partial charge in [-0.2, -0.15) is 0 Å². The molecule has 0 radical (unpaired) electrons. The number of hydrogen-bond acceptors (Lipinski definition) is 2. The quantitative estimate of drug-likeness (QED) is 0.626. The summed E-state index contributed by atoms with van der Waals surface area (Å²) in [5, 5.41) is 9.36. The van der Waals surface area contributed by atoms with Crippen LogP contribution in [0.2, 0.25) is 0 Å². The molecule has 1 aliphatic heterocycles. The summed E-state index contributed by atoms with van der Waals surface area (Å²) in [4.78, 5) is 0. The lowest BCUT2D eigenvalue weighted by Crippen LogP contribution is -2.45. The molecule has 1 aliphatic carbocycles. The lowest BCUT2D eigenvalue weighted by Gasteiger charge is -2.46. The predicted molar refractivity (Wildman–Crippen MR) is 51.4 cm³/mol. The third-order valence-corrected chi connectivity index (χ3v) is 3.65. The second-order valence-electron chi connectivity index (χ2n) is 4.64. The first kappa shape index (κ1) is 9.22. The molecule has 0 amide bonds. The van der Waals surface area contributed by atoms with Gasteiger partial charge >= 0.3 is 0 Å². The van der Waals surface area contributed by atoms with E-state index in [0.29, 0.717) is 12.0 Å². The number of allylic oxidation sites excluding steroid dienone is 1. The molecule has 2 heteroatoms. The fourth-order valence-corrected chi connectivity index (χ4v) is 2.49. The molecule has 1 fully saturated rings. The molecule has 2 bridgehead atoms. The van der Waals surface area contributed by atoms with Crippen LogP contribution in [0, 0.1) is 11.3 Å². The lowest BCUT2D eigenvalue weighted by molar-refractivity contribution is -0.104. The molecule has 0 unspecified atom stereocenters. The van der Waals surface area contributed by atoms with Gasteiger partial charge in [0, 0.05) is 11.3 Å². The van der Waals surface area contributed by atoms with Crippen molar-refractivity contribution in [1.29, 1.82) is 0 Å². The van der Waals surface area contributed by atoms with Crippen LogP contribution in [0.3, 0.4) is 0 Å². The molecule has 0 saturated carbocycles. The largest absolute Gasteiger partial charge is 0.396 e.